The van der Waals surface area contributed by atoms with Crippen LogP contribution in [0.5, 0.6) is 0 Å². The van der Waals surface area contributed by atoms with Crippen LogP contribution in [0.25, 0.3) is 0 Å². The van der Waals surface area contributed by atoms with Crippen LogP contribution in [0.1, 0.15) is 96.1 Å². The van der Waals surface area contributed by atoms with Gasteiger partial charge >= 0.3 is 6.18 Å². The second-order valence-corrected chi connectivity index (χ2v) is 7.83. The number of likely N-dealkylation sites (N-methyl/N-ethyl adjacent to an activating group) is 1. The number of nitrogens with two attached hydrogens (primary N) is 1. The Labute approximate surface area is 189 Å². The molecule has 0 spiro atoms. The predicted molar refractivity (Wildman–Crippen MR) is 126 cm³/mol. The lowest BCUT2D eigenvalue weighted by Gasteiger charge is -2.13. The molecule has 0 saturated heterocycles. The van der Waals surface area contributed by atoms with Gasteiger partial charge in [0.2, 0.25) is 0 Å². The van der Waals surface area contributed by atoms with Gasteiger partial charge in [-0.1, -0.05) is 89.8 Å². The number of rotatable bonds is 14. The summed E-state index contributed by atoms with van der Waals surface area (Å²) in [4.78, 5) is 0. The molecule has 0 aliphatic rings. The van der Waals surface area contributed by atoms with Gasteiger partial charge < -0.3 is 11.1 Å². The van der Waals surface area contributed by atoms with Crippen molar-refractivity contribution in [3.63, 3.8) is 0 Å². The van der Waals surface area contributed by atoms with E-state index in [1.807, 2.05) is 13.8 Å². The third-order valence-electron chi connectivity index (χ3n) is 4.91. The van der Waals surface area contributed by atoms with Crippen molar-refractivity contribution in [1.82, 2.24) is 5.32 Å². The standard InChI is InChI=1S/C12H16F3N.C12H27N.ClH/c1-3-16-9(2)7-10-5-4-6-11(8-10)12(13,14)15;1-2-3-4-5-6-7-8-9-10-11-12-13;/h4-6,8-9,16H,3,7H2,1-2H3;2-13H2,1H3;1H. The van der Waals surface area contributed by atoms with Gasteiger partial charge in [-0.3, -0.25) is 0 Å². The van der Waals surface area contributed by atoms with Crippen molar-refractivity contribution in [3.05, 3.63) is 35.4 Å². The minimum atomic E-state index is -4.25. The van der Waals surface area contributed by atoms with Gasteiger partial charge in [0.1, 0.15) is 0 Å². The molecule has 0 saturated carbocycles. The zero-order valence-electron chi connectivity index (χ0n) is 19.2. The molecular formula is C24H44ClF3N2. The van der Waals surface area contributed by atoms with E-state index in [1.54, 1.807) is 6.07 Å². The first kappa shape index (κ1) is 31.4. The molecule has 3 N–H and O–H groups in total. The van der Waals surface area contributed by atoms with Crippen molar-refractivity contribution in [2.45, 2.75) is 104 Å². The minimum absolute atomic E-state index is 0. The zero-order valence-corrected chi connectivity index (χ0v) is 20.0. The Kier molecular flexibility index (Phi) is 21.1. The van der Waals surface area contributed by atoms with Crippen molar-refractivity contribution < 1.29 is 13.2 Å². The van der Waals surface area contributed by atoms with E-state index < -0.39 is 11.7 Å². The van der Waals surface area contributed by atoms with Crippen LogP contribution in [-0.2, 0) is 12.6 Å². The molecule has 0 bridgehead atoms. The third kappa shape index (κ3) is 18.0. The van der Waals surface area contributed by atoms with E-state index in [-0.39, 0.29) is 18.4 Å². The van der Waals surface area contributed by atoms with Crippen LogP contribution in [0.15, 0.2) is 24.3 Å². The highest BCUT2D eigenvalue weighted by atomic mass is 35.5. The van der Waals surface area contributed by atoms with Crippen LogP contribution >= 0.6 is 12.4 Å². The monoisotopic (exact) mass is 452 g/mol. The molecule has 1 aromatic rings. The van der Waals surface area contributed by atoms with Crippen LogP contribution in [0, 0.1) is 0 Å². The second kappa shape index (κ2) is 20.1. The van der Waals surface area contributed by atoms with Gasteiger partial charge in [-0.2, -0.15) is 13.2 Å². The van der Waals surface area contributed by atoms with Crippen LogP contribution in [-0.4, -0.2) is 19.1 Å². The van der Waals surface area contributed by atoms with E-state index >= 15 is 0 Å². The fourth-order valence-corrected chi connectivity index (χ4v) is 3.28. The SMILES string of the molecule is CCCCCCCCCCCCN.CCNC(C)Cc1cccc(C(F)(F)F)c1.Cl. The smallest absolute Gasteiger partial charge is 0.330 e. The van der Waals surface area contributed by atoms with E-state index in [1.165, 1.54) is 76.3 Å². The van der Waals surface area contributed by atoms with E-state index in [4.69, 9.17) is 5.73 Å². The van der Waals surface area contributed by atoms with Crippen LogP contribution in [0.2, 0.25) is 0 Å². The Bertz CT molecular complexity index is 486. The van der Waals surface area contributed by atoms with Crippen molar-refractivity contribution in [1.29, 1.82) is 0 Å². The fraction of sp³-hybridized carbons (Fsp3) is 0.750. The maximum atomic E-state index is 12.4. The second-order valence-electron chi connectivity index (χ2n) is 7.83. The highest BCUT2D eigenvalue weighted by Gasteiger charge is 2.30. The summed E-state index contributed by atoms with van der Waals surface area (Å²) in [5, 5.41) is 3.17. The Morgan fingerprint density at radius 1 is 0.900 bits per heavy atom. The molecule has 1 atom stereocenters. The molecule has 30 heavy (non-hydrogen) atoms. The van der Waals surface area contributed by atoms with Crippen molar-refractivity contribution in [3.8, 4) is 0 Å². The van der Waals surface area contributed by atoms with E-state index in [2.05, 4.69) is 12.2 Å². The fourth-order valence-electron chi connectivity index (χ4n) is 3.28. The number of halogens is 4. The molecule has 1 rings (SSSR count). The first-order valence-corrected chi connectivity index (χ1v) is 11.4. The summed E-state index contributed by atoms with van der Waals surface area (Å²) in [6.45, 7) is 7.90. The maximum Gasteiger partial charge on any atom is 0.416 e. The first-order valence-electron chi connectivity index (χ1n) is 11.4. The van der Waals surface area contributed by atoms with Gasteiger partial charge in [-0.15, -0.1) is 12.4 Å². The number of hydrogen-bond donors (Lipinski definition) is 2. The van der Waals surface area contributed by atoms with Gasteiger partial charge in [-0.25, -0.2) is 0 Å². The first-order chi connectivity index (χ1) is 13.8. The minimum Gasteiger partial charge on any atom is -0.330 e. The Morgan fingerprint density at radius 3 is 1.90 bits per heavy atom. The number of nitrogens with one attached hydrogen (secondary N) is 1. The molecule has 178 valence electrons. The summed E-state index contributed by atoms with van der Waals surface area (Å²) < 4.78 is 37.3. The molecule has 6 heteroatoms. The van der Waals surface area contributed by atoms with Gasteiger partial charge in [0, 0.05) is 6.04 Å². The van der Waals surface area contributed by atoms with Crippen molar-refractivity contribution in [2.24, 2.45) is 5.73 Å². The van der Waals surface area contributed by atoms with Gasteiger partial charge in [-0.05, 0) is 44.5 Å². The number of unbranched alkanes of at least 4 members (excludes halogenated alkanes) is 9. The summed E-state index contributed by atoms with van der Waals surface area (Å²) in [5.41, 5.74) is 5.56. The average molecular weight is 453 g/mol. The normalized spacial score (nSPS) is 12.0. The summed E-state index contributed by atoms with van der Waals surface area (Å²) in [6, 6.07) is 5.68. The molecule has 0 radical (unpaired) electrons. The van der Waals surface area contributed by atoms with E-state index in [0.29, 0.717) is 12.0 Å². The Morgan fingerprint density at radius 2 is 1.43 bits per heavy atom. The summed E-state index contributed by atoms with van der Waals surface area (Å²) in [5.74, 6) is 0. The molecule has 2 nitrogen and oxygen atoms in total. The predicted octanol–water partition coefficient (Wildman–Crippen LogP) is 7.53. The molecule has 1 unspecified atom stereocenters. The number of alkyl halides is 3. The zero-order chi connectivity index (χ0) is 22.0. The van der Waals surface area contributed by atoms with Gasteiger partial charge in [0.15, 0.2) is 0 Å². The summed E-state index contributed by atoms with van der Waals surface area (Å²) in [6.07, 6.45) is 10.3. The lowest BCUT2D eigenvalue weighted by molar-refractivity contribution is -0.137. The Balaban J connectivity index is 0. The van der Waals surface area contributed by atoms with Crippen molar-refractivity contribution in [2.75, 3.05) is 13.1 Å². The quantitative estimate of drug-likeness (QED) is 0.286. The largest absolute Gasteiger partial charge is 0.416 e. The average Bonchev–Trinajstić information content (AvgIpc) is 2.67. The van der Waals surface area contributed by atoms with E-state index in [0.717, 1.165) is 19.2 Å². The number of hydrogen-bond acceptors (Lipinski definition) is 2. The van der Waals surface area contributed by atoms with Crippen LogP contribution < -0.4 is 11.1 Å². The lowest BCUT2D eigenvalue weighted by atomic mass is 10.0. The molecule has 0 aliphatic carbocycles. The molecule has 0 aliphatic heterocycles. The number of benzene rings is 1. The highest BCUT2D eigenvalue weighted by molar-refractivity contribution is 5.85. The van der Waals surface area contributed by atoms with Gasteiger partial charge in [0.05, 0.1) is 5.56 Å². The maximum absolute atomic E-state index is 12.4. The molecule has 0 fully saturated rings. The summed E-state index contributed by atoms with van der Waals surface area (Å²) >= 11 is 0. The van der Waals surface area contributed by atoms with Crippen molar-refractivity contribution >= 4 is 12.4 Å². The summed E-state index contributed by atoms with van der Waals surface area (Å²) in [7, 11) is 0. The van der Waals surface area contributed by atoms with Crippen LogP contribution in [0.4, 0.5) is 13.2 Å². The molecule has 0 aromatic heterocycles. The lowest BCUT2D eigenvalue weighted by Crippen LogP contribution is -2.27. The molecule has 0 heterocycles. The molecule has 0 amide bonds. The van der Waals surface area contributed by atoms with Gasteiger partial charge in [0.25, 0.3) is 0 Å². The van der Waals surface area contributed by atoms with Crippen LogP contribution in [0.3, 0.4) is 0 Å². The molecule has 1 aromatic carbocycles. The third-order valence-corrected chi connectivity index (χ3v) is 4.91. The highest BCUT2D eigenvalue weighted by Crippen LogP contribution is 2.29. The Hall–Kier alpha value is -0.780. The molecular weight excluding hydrogens is 409 g/mol. The van der Waals surface area contributed by atoms with E-state index in [9.17, 15) is 13.2 Å². The topological polar surface area (TPSA) is 38.0 Å².